The Morgan fingerprint density at radius 2 is 1.14 bits per heavy atom. The van der Waals surface area contributed by atoms with Crippen LogP contribution in [0.25, 0.3) is 22.3 Å². The zero-order valence-corrected chi connectivity index (χ0v) is 35.6. The second kappa shape index (κ2) is 15.4. The van der Waals surface area contributed by atoms with E-state index < -0.39 is 5.60 Å². The predicted molar refractivity (Wildman–Crippen MR) is 230 cm³/mol. The average Bonchev–Trinajstić information content (AvgIpc) is 3.83. The lowest BCUT2D eigenvalue weighted by Gasteiger charge is -2.30. The van der Waals surface area contributed by atoms with Gasteiger partial charge in [-0.05, 0) is 109 Å². The van der Waals surface area contributed by atoms with E-state index in [-0.39, 0.29) is 17.2 Å². The van der Waals surface area contributed by atoms with Gasteiger partial charge in [0.1, 0.15) is 17.2 Å². The Balaban J connectivity index is 0.000000179. The topological polar surface area (TPSA) is 174 Å². The zero-order chi connectivity index (χ0) is 41.0. The number of anilines is 4. The van der Waals surface area contributed by atoms with Gasteiger partial charge in [0.2, 0.25) is 11.9 Å². The largest absolute Gasteiger partial charge is 0.444 e. The smallest absolute Gasteiger partial charge is 0.408 e. The molecule has 2 aromatic heterocycles. The highest BCUT2D eigenvalue weighted by atomic mass is 35.5. The number of aromatic nitrogens is 4. The van der Waals surface area contributed by atoms with Crippen LogP contribution < -0.4 is 32.3 Å². The molecule has 14 heteroatoms. The summed E-state index contributed by atoms with van der Waals surface area (Å²) in [6, 6.07) is 11.7. The average molecular weight is 816 g/mol. The molecular weight excluding hydrogens is 759 g/mol. The van der Waals surface area contributed by atoms with Crippen molar-refractivity contribution in [2.75, 3.05) is 47.4 Å². The fourth-order valence-corrected chi connectivity index (χ4v) is 9.96. The number of carbonyl (C=O) groups excluding carboxylic acids is 1. The number of nitrogens with two attached hydrogens (primary N) is 3. The third kappa shape index (κ3) is 8.88. The number of nitrogen functional groups attached to an aromatic ring is 2. The van der Waals surface area contributed by atoms with Crippen molar-refractivity contribution in [1.82, 2.24) is 25.3 Å². The van der Waals surface area contributed by atoms with Crippen molar-refractivity contribution < 1.29 is 9.53 Å². The van der Waals surface area contributed by atoms with Crippen LogP contribution in [-0.2, 0) is 4.74 Å². The standard InChI is InChI=1S/C24H32ClN5O2.C19H24ClN5/c1-14-7-6-8-17(19(14)25)18-11-27-21(28-20(18)26)30-12-15-9-24(5,10-16(15)13-30)29-22(31)32-23(2,3)4;1-11-4-3-5-14(16(11)20)15-8-23-18(24-17(15)21)25-9-12-6-19(2,22)7-13(12)10-25/h6-8,11,15-16H,9-10,12-13H2,1-5H3,(H,29,31)(H2,26,27,28);3-5,8,12-13H,6-7,9-10,22H2,1-2H3,(H2,21,23,24)/t15-,16+,24?;12-,13+,19?. The Labute approximate surface area is 346 Å². The van der Waals surface area contributed by atoms with E-state index in [1.54, 1.807) is 12.4 Å². The quantitative estimate of drug-likeness (QED) is 0.153. The van der Waals surface area contributed by atoms with Gasteiger partial charge < -0.3 is 37.1 Å². The van der Waals surface area contributed by atoms with Crippen LogP contribution in [0.1, 0.15) is 71.4 Å². The Morgan fingerprint density at radius 1 is 0.737 bits per heavy atom. The van der Waals surface area contributed by atoms with Gasteiger partial charge in [0.15, 0.2) is 0 Å². The van der Waals surface area contributed by atoms with Gasteiger partial charge in [-0.25, -0.2) is 14.8 Å². The first-order chi connectivity index (χ1) is 26.8. The summed E-state index contributed by atoms with van der Waals surface area (Å²) in [5.41, 5.74) is 23.3. The van der Waals surface area contributed by atoms with E-state index in [9.17, 15) is 4.79 Å². The van der Waals surface area contributed by atoms with Gasteiger partial charge in [-0.3, -0.25) is 0 Å². The fraction of sp³-hybridized carbons (Fsp3) is 0.512. The molecule has 2 aliphatic carbocycles. The van der Waals surface area contributed by atoms with E-state index in [4.69, 9.17) is 45.1 Å². The summed E-state index contributed by atoms with van der Waals surface area (Å²) >= 11 is 12.9. The molecule has 1 amide bonds. The second-order valence-electron chi connectivity index (χ2n) is 18.3. The van der Waals surface area contributed by atoms with Crippen LogP contribution in [0.15, 0.2) is 48.8 Å². The van der Waals surface area contributed by atoms with E-state index >= 15 is 0 Å². The highest BCUT2D eigenvalue weighted by Crippen LogP contribution is 2.46. The highest BCUT2D eigenvalue weighted by molar-refractivity contribution is 6.34. The summed E-state index contributed by atoms with van der Waals surface area (Å²) in [7, 11) is 0. The second-order valence-corrected chi connectivity index (χ2v) is 19.1. The number of carbonyl (C=O) groups is 1. The molecule has 4 aromatic rings. The summed E-state index contributed by atoms with van der Waals surface area (Å²) in [6.45, 7) is 17.4. The number of halogens is 2. The van der Waals surface area contributed by atoms with Crippen LogP contribution in [0.5, 0.6) is 0 Å². The molecule has 0 radical (unpaired) electrons. The van der Waals surface area contributed by atoms with E-state index in [1.807, 2.05) is 71.0 Å². The summed E-state index contributed by atoms with van der Waals surface area (Å²) in [5, 5.41) is 4.46. The third-order valence-electron chi connectivity index (χ3n) is 12.0. The normalized spacial score (nSPS) is 26.5. The first kappa shape index (κ1) is 40.8. The van der Waals surface area contributed by atoms with Crippen LogP contribution in [0.2, 0.25) is 10.0 Å². The van der Waals surface area contributed by atoms with Gasteiger partial charge in [0, 0.05) is 71.9 Å². The molecule has 0 bridgehead atoms. The number of amides is 1. The van der Waals surface area contributed by atoms with Gasteiger partial charge in [-0.2, -0.15) is 9.97 Å². The Morgan fingerprint density at radius 3 is 1.53 bits per heavy atom. The van der Waals surface area contributed by atoms with Crippen molar-refractivity contribution in [2.24, 2.45) is 29.4 Å². The van der Waals surface area contributed by atoms with Gasteiger partial charge in [0.25, 0.3) is 0 Å². The minimum atomic E-state index is -0.502. The van der Waals surface area contributed by atoms with Crippen LogP contribution in [0.3, 0.4) is 0 Å². The molecular formula is C43H56Cl2N10O2. The fourth-order valence-electron chi connectivity index (χ4n) is 9.50. The number of ether oxygens (including phenoxy) is 1. The van der Waals surface area contributed by atoms with Gasteiger partial charge >= 0.3 is 6.09 Å². The van der Waals surface area contributed by atoms with E-state index in [1.165, 1.54) is 0 Å². The SMILES string of the molecule is Cc1cccc(-c2cnc(N3C[C@@H]4CC(C)(N)C[C@@H]4C3)nc2N)c1Cl.Cc1cccc(-c2cnc(N3C[C@@H]4CC(C)(NC(=O)OC(C)(C)C)C[C@@H]4C3)nc2N)c1Cl. The zero-order valence-electron chi connectivity index (χ0n) is 34.1. The van der Waals surface area contributed by atoms with Gasteiger partial charge in [0.05, 0.1) is 10.0 Å². The highest BCUT2D eigenvalue weighted by Gasteiger charge is 2.49. The Hall–Kier alpha value is -4.39. The number of alkyl carbamates (subject to hydrolysis) is 1. The minimum absolute atomic E-state index is 0.0207. The predicted octanol–water partition coefficient (Wildman–Crippen LogP) is 8.07. The Bertz CT molecular complexity index is 2130. The molecule has 8 rings (SSSR count). The summed E-state index contributed by atoms with van der Waals surface area (Å²) in [5.74, 6) is 4.44. The number of hydrogen-bond acceptors (Lipinski definition) is 11. The van der Waals surface area contributed by atoms with Crippen molar-refractivity contribution >= 4 is 52.8 Å². The molecule has 2 aromatic carbocycles. The van der Waals surface area contributed by atoms with Crippen molar-refractivity contribution in [3.05, 3.63) is 70.0 Å². The number of hydrogen-bond donors (Lipinski definition) is 4. The number of fused-ring (bicyclic) bond motifs is 2. The maximum Gasteiger partial charge on any atom is 0.408 e. The first-order valence-electron chi connectivity index (χ1n) is 19.8. The number of benzene rings is 2. The van der Waals surface area contributed by atoms with Gasteiger partial charge in [-0.1, -0.05) is 59.6 Å². The molecule has 304 valence electrons. The lowest BCUT2D eigenvalue weighted by Crippen LogP contribution is -2.47. The van der Waals surface area contributed by atoms with Crippen molar-refractivity contribution in [2.45, 2.75) is 90.8 Å². The van der Waals surface area contributed by atoms with Gasteiger partial charge in [-0.15, -0.1) is 0 Å². The molecule has 2 saturated carbocycles. The van der Waals surface area contributed by atoms with Crippen LogP contribution >= 0.6 is 23.2 Å². The summed E-state index contributed by atoms with van der Waals surface area (Å²) in [6.07, 6.45) is 7.15. The molecule has 0 spiro atoms. The molecule has 4 fully saturated rings. The van der Waals surface area contributed by atoms with Crippen LogP contribution in [0, 0.1) is 37.5 Å². The molecule has 7 N–H and O–H groups in total. The summed E-state index contributed by atoms with van der Waals surface area (Å²) < 4.78 is 5.45. The number of aryl methyl sites for hydroxylation is 2. The van der Waals surface area contributed by atoms with Crippen molar-refractivity contribution in [3.63, 3.8) is 0 Å². The van der Waals surface area contributed by atoms with E-state index in [2.05, 4.69) is 48.9 Å². The number of rotatable bonds is 5. The molecule has 4 heterocycles. The minimum Gasteiger partial charge on any atom is -0.444 e. The molecule has 57 heavy (non-hydrogen) atoms. The van der Waals surface area contributed by atoms with E-state index in [0.29, 0.717) is 57.2 Å². The first-order valence-corrected chi connectivity index (χ1v) is 20.6. The molecule has 2 saturated heterocycles. The maximum absolute atomic E-state index is 12.3. The summed E-state index contributed by atoms with van der Waals surface area (Å²) in [4.78, 5) is 35.1. The Kier molecular flexibility index (Phi) is 11.0. The van der Waals surface area contributed by atoms with Crippen molar-refractivity contribution in [3.8, 4) is 22.3 Å². The monoisotopic (exact) mass is 814 g/mol. The molecule has 12 nitrogen and oxygen atoms in total. The van der Waals surface area contributed by atoms with Crippen molar-refractivity contribution in [1.29, 1.82) is 0 Å². The molecule has 2 aliphatic heterocycles. The van der Waals surface area contributed by atoms with Crippen LogP contribution in [-0.4, -0.2) is 68.9 Å². The lowest BCUT2D eigenvalue weighted by molar-refractivity contribution is 0.0462. The third-order valence-corrected chi connectivity index (χ3v) is 13.0. The van der Waals surface area contributed by atoms with E-state index in [0.717, 1.165) is 85.2 Å². The number of nitrogens with one attached hydrogen (secondary N) is 1. The molecule has 2 unspecified atom stereocenters. The maximum atomic E-state index is 12.3. The molecule has 4 aliphatic rings. The lowest BCUT2D eigenvalue weighted by atomic mass is 9.98. The number of nitrogens with zero attached hydrogens (tertiary/aromatic N) is 6. The molecule has 6 atom stereocenters. The van der Waals surface area contributed by atoms with Crippen LogP contribution in [0.4, 0.5) is 28.3 Å².